The third-order valence-electron chi connectivity index (χ3n) is 2.71. The average molecular weight is 279 g/mol. The first-order valence-corrected chi connectivity index (χ1v) is 5.95. The summed E-state index contributed by atoms with van der Waals surface area (Å²) in [5, 5.41) is 11.7. The molecule has 0 aromatic heterocycles. The summed E-state index contributed by atoms with van der Waals surface area (Å²) >= 11 is 0. The fourth-order valence-electron chi connectivity index (χ4n) is 1.73. The molecule has 0 saturated carbocycles. The zero-order valence-electron chi connectivity index (χ0n) is 10.5. The highest BCUT2D eigenvalue weighted by molar-refractivity contribution is 5.75. The largest absolute Gasteiger partial charge is 0.624 e. The minimum Gasteiger partial charge on any atom is -0.624 e. The molecule has 0 aliphatic carbocycles. The number of benzene rings is 2. The molecule has 0 saturated heterocycles. The van der Waals surface area contributed by atoms with Gasteiger partial charge in [-0.2, -0.15) is 13.2 Å². The Morgan fingerprint density at radius 2 is 1.55 bits per heavy atom. The van der Waals surface area contributed by atoms with Crippen molar-refractivity contribution in [2.24, 2.45) is 0 Å². The summed E-state index contributed by atoms with van der Waals surface area (Å²) < 4.78 is 37.9. The van der Waals surface area contributed by atoms with Gasteiger partial charge >= 0.3 is 6.18 Å². The summed E-state index contributed by atoms with van der Waals surface area (Å²) in [5.74, 6) is 0. The SMILES string of the molecule is [O-][N+](=Cc1ccc(C(F)(F)F)cc1)Cc1ccccc1. The van der Waals surface area contributed by atoms with Crippen LogP contribution >= 0.6 is 0 Å². The van der Waals surface area contributed by atoms with Crippen molar-refractivity contribution in [3.05, 3.63) is 76.5 Å². The number of hydrogen-bond acceptors (Lipinski definition) is 1. The van der Waals surface area contributed by atoms with Gasteiger partial charge in [-0.1, -0.05) is 30.3 Å². The van der Waals surface area contributed by atoms with E-state index in [0.29, 0.717) is 10.3 Å². The van der Waals surface area contributed by atoms with Gasteiger partial charge in [0, 0.05) is 11.1 Å². The van der Waals surface area contributed by atoms with E-state index in [-0.39, 0.29) is 6.54 Å². The highest BCUT2D eigenvalue weighted by atomic mass is 19.4. The van der Waals surface area contributed by atoms with E-state index in [9.17, 15) is 18.4 Å². The highest BCUT2D eigenvalue weighted by Gasteiger charge is 2.29. The molecular weight excluding hydrogens is 267 g/mol. The summed E-state index contributed by atoms with van der Waals surface area (Å²) in [6.45, 7) is 0.155. The number of hydrogen-bond donors (Lipinski definition) is 0. The molecule has 0 unspecified atom stereocenters. The molecule has 2 aromatic rings. The molecule has 5 heteroatoms. The molecule has 0 heterocycles. The maximum Gasteiger partial charge on any atom is 0.416 e. The predicted octanol–water partition coefficient (Wildman–Crippen LogP) is 3.83. The molecule has 104 valence electrons. The predicted molar refractivity (Wildman–Crippen MR) is 70.4 cm³/mol. The lowest BCUT2D eigenvalue weighted by Gasteiger charge is -2.06. The lowest BCUT2D eigenvalue weighted by Crippen LogP contribution is -2.07. The Labute approximate surface area is 114 Å². The van der Waals surface area contributed by atoms with E-state index in [0.717, 1.165) is 17.7 Å². The van der Waals surface area contributed by atoms with E-state index in [2.05, 4.69) is 0 Å². The van der Waals surface area contributed by atoms with Gasteiger partial charge in [-0.05, 0) is 24.3 Å². The summed E-state index contributed by atoms with van der Waals surface area (Å²) in [6, 6.07) is 13.6. The van der Waals surface area contributed by atoms with E-state index in [1.807, 2.05) is 30.3 Å². The first-order chi connectivity index (χ1) is 9.45. The summed E-state index contributed by atoms with van der Waals surface area (Å²) in [5.41, 5.74) is 0.546. The summed E-state index contributed by atoms with van der Waals surface area (Å²) in [4.78, 5) is 0. The Hall–Kier alpha value is -2.30. The van der Waals surface area contributed by atoms with Gasteiger partial charge in [0.25, 0.3) is 0 Å². The van der Waals surface area contributed by atoms with Crippen LogP contribution in [0.4, 0.5) is 13.2 Å². The van der Waals surface area contributed by atoms with Gasteiger partial charge in [-0.3, -0.25) is 0 Å². The molecule has 0 radical (unpaired) electrons. The van der Waals surface area contributed by atoms with Crippen LogP contribution in [0.3, 0.4) is 0 Å². The second-order valence-corrected chi connectivity index (χ2v) is 4.31. The van der Waals surface area contributed by atoms with Crippen molar-refractivity contribution in [3.63, 3.8) is 0 Å². The summed E-state index contributed by atoms with van der Waals surface area (Å²) in [6.07, 6.45) is -3.09. The van der Waals surface area contributed by atoms with Crippen molar-refractivity contribution in [1.29, 1.82) is 0 Å². The number of alkyl halides is 3. The summed E-state index contributed by atoms with van der Waals surface area (Å²) in [7, 11) is 0. The zero-order chi connectivity index (χ0) is 14.6. The van der Waals surface area contributed by atoms with Gasteiger partial charge in [-0.15, -0.1) is 0 Å². The van der Waals surface area contributed by atoms with Gasteiger partial charge in [0.15, 0.2) is 12.8 Å². The van der Waals surface area contributed by atoms with E-state index >= 15 is 0 Å². The van der Waals surface area contributed by atoms with Gasteiger partial charge in [0.1, 0.15) is 0 Å². The van der Waals surface area contributed by atoms with Crippen LogP contribution in [0.25, 0.3) is 0 Å². The van der Waals surface area contributed by atoms with Crippen LogP contribution in [-0.4, -0.2) is 11.0 Å². The maximum absolute atomic E-state index is 12.4. The van der Waals surface area contributed by atoms with E-state index < -0.39 is 11.7 Å². The van der Waals surface area contributed by atoms with Crippen molar-refractivity contribution >= 4 is 6.21 Å². The standard InChI is InChI=1S/C15H12F3NO/c16-15(17,18)14-8-6-13(7-9-14)11-19(20)10-12-4-2-1-3-5-12/h1-9,11H,10H2. The molecule has 2 rings (SSSR count). The Balaban J connectivity index is 2.10. The smallest absolute Gasteiger partial charge is 0.416 e. The molecule has 0 spiro atoms. The van der Waals surface area contributed by atoms with E-state index in [1.54, 1.807) is 0 Å². The molecule has 2 nitrogen and oxygen atoms in total. The molecule has 0 fully saturated rings. The molecule has 0 bridgehead atoms. The van der Waals surface area contributed by atoms with Crippen LogP contribution in [0.15, 0.2) is 54.6 Å². The lowest BCUT2D eigenvalue weighted by atomic mass is 10.1. The first-order valence-electron chi connectivity index (χ1n) is 5.95. The molecule has 0 aliphatic heterocycles. The maximum atomic E-state index is 12.4. The molecule has 0 aliphatic rings. The average Bonchev–Trinajstić information content (AvgIpc) is 2.39. The second-order valence-electron chi connectivity index (χ2n) is 4.31. The van der Waals surface area contributed by atoms with E-state index in [1.165, 1.54) is 18.3 Å². The van der Waals surface area contributed by atoms with Crippen molar-refractivity contribution in [1.82, 2.24) is 0 Å². The van der Waals surface area contributed by atoms with Gasteiger partial charge in [0.2, 0.25) is 0 Å². The molecule has 20 heavy (non-hydrogen) atoms. The monoisotopic (exact) mass is 279 g/mol. The Kier molecular flexibility index (Phi) is 4.08. The third-order valence-corrected chi connectivity index (χ3v) is 2.71. The van der Waals surface area contributed by atoms with Crippen LogP contribution in [0.2, 0.25) is 0 Å². The third kappa shape index (κ3) is 3.85. The van der Waals surface area contributed by atoms with Crippen molar-refractivity contribution in [2.45, 2.75) is 12.7 Å². The van der Waals surface area contributed by atoms with Gasteiger partial charge < -0.3 is 5.21 Å². The quantitative estimate of drug-likeness (QED) is 0.363. The lowest BCUT2D eigenvalue weighted by molar-refractivity contribution is -0.469. The fraction of sp³-hybridized carbons (Fsp3) is 0.133. The number of halogens is 3. The minimum atomic E-state index is -4.36. The minimum absolute atomic E-state index is 0.155. The molecule has 0 atom stereocenters. The Morgan fingerprint density at radius 3 is 2.10 bits per heavy atom. The van der Waals surface area contributed by atoms with Gasteiger partial charge in [-0.25, -0.2) is 4.74 Å². The first kappa shape index (κ1) is 14.1. The number of hydroxylamine groups is 1. The van der Waals surface area contributed by atoms with Crippen LogP contribution in [-0.2, 0) is 12.7 Å². The fourth-order valence-corrected chi connectivity index (χ4v) is 1.73. The normalized spacial score (nSPS) is 12.4. The highest BCUT2D eigenvalue weighted by Crippen LogP contribution is 2.28. The van der Waals surface area contributed by atoms with Crippen molar-refractivity contribution < 1.29 is 17.9 Å². The van der Waals surface area contributed by atoms with Crippen molar-refractivity contribution in [3.8, 4) is 0 Å². The Bertz CT molecular complexity index is 589. The van der Waals surface area contributed by atoms with E-state index in [4.69, 9.17) is 0 Å². The molecule has 2 aromatic carbocycles. The molecular formula is C15H12F3NO. The second kappa shape index (κ2) is 5.77. The zero-order valence-corrected chi connectivity index (χ0v) is 10.5. The number of nitrogens with zero attached hydrogens (tertiary/aromatic N) is 1. The van der Waals surface area contributed by atoms with Gasteiger partial charge in [0.05, 0.1) is 5.56 Å². The van der Waals surface area contributed by atoms with Crippen LogP contribution in [0.1, 0.15) is 16.7 Å². The van der Waals surface area contributed by atoms with Crippen LogP contribution < -0.4 is 0 Å². The molecule has 0 amide bonds. The van der Waals surface area contributed by atoms with Crippen LogP contribution in [0, 0.1) is 5.21 Å². The number of rotatable bonds is 3. The topological polar surface area (TPSA) is 26.1 Å². The van der Waals surface area contributed by atoms with Crippen molar-refractivity contribution in [2.75, 3.05) is 0 Å². The van der Waals surface area contributed by atoms with Crippen LogP contribution in [0.5, 0.6) is 0 Å². The molecule has 0 N–H and O–H groups in total. The Morgan fingerprint density at radius 1 is 0.950 bits per heavy atom.